The van der Waals surface area contributed by atoms with E-state index < -0.39 is 62.3 Å². The second kappa shape index (κ2) is 13.5. The summed E-state index contributed by atoms with van der Waals surface area (Å²) in [5, 5.41) is 17.8. The van der Waals surface area contributed by atoms with Gasteiger partial charge in [-0.15, -0.1) is 0 Å². The molecular weight excluding hydrogens is 562 g/mol. The van der Waals surface area contributed by atoms with E-state index in [2.05, 4.69) is 16.0 Å². The van der Waals surface area contributed by atoms with Crippen molar-refractivity contribution in [2.45, 2.75) is 128 Å². The Morgan fingerprint density at radius 3 is 2.29 bits per heavy atom. The van der Waals surface area contributed by atoms with E-state index in [4.69, 9.17) is 0 Å². The van der Waals surface area contributed by atoms with Crippen molar-refractivity contribution in [2.24, 2.45) is 11.3 Å². The van der Waals surface area contributed by atoms with Crippen molar-refractivity contribution in [3.8, 4) is 0 Å². The highest BCUT2D eigenvalue weighted by Crippen LogP contribution is 2.47. The van der Waals surface area contributed by atoms with Crippen LogP contribution in [0.4, 0.5) is 4.79 Å². The molecule has 2 unspecified atom stereocenters. The molecule has 42 heavy (non-hydrogen) atoms. The molecule has 12 nitrogen and oxygen atoms in total. The molecule has 0 bridgehead atoms. The SMILES string of the molecule is CC(C)S(=O)(=O)N(C)CC(NC(=O)N[C@H]1CCCCCCCC2C[C@@]2(C(=O)O)NC(=O)[C@@H]2CCCN2C1=O)C(C)(C)C. The molecule has 4 N–H and O–H groups in total. The summed E-state index contributed by atoms with van der Waals surface area (Å²) >= 11 is 0. The fourth-order valence-corrected chi connectivity index (χ4v) is 7.17. The molecule has 0 aromatic rings. The summed E-state index contributed by atoms with van der Waals surface area (Å²) in [7, 11) is -2.04. The lowest BCUT2D eigenvalue weighted by atomic mass is 9.87. The summed E-state index contributed by atoms with van der Waals surface area (Å²) in [5.74, 6) is -1.94. The maximum Gasteiger partial charge on any atom is 0.329 e. The number of likely N-dealkylation sites (N-methyl/N-ethyl adjacent to an activating group) is 1. The minimum Gasteiger partial charge on any atom is -0.479 e. The highest BCUT2D eigenvalue weighted by atomic mass is 32.2. The summed E-state index contributed by atoms with van der Waals surface area (Å²) < 4.78 is 26.6. The van der Waals surface area contributed by atoms with Gasteiger partial charge in [-0.05, 0) is 57.3 Å². The predicted molar refractivity (Wildman–Crippen MR) is 159 cm³/mol. The van der Waals surface area contributed by atoms with Gasteiger partial charge in [-0.1, -0.05) is 52.9 Å². The van der Waals surface area contributed by atoms with Gasteiger partial charge >= 0.3 is 12.0 Å². The number of rotatable bonds is 7. The maximum absolute atomic E-state index is 13.8. The third-order valence-corrected chi connectivity index (χ3v) is 11.4. The van der Waals surface area contributed by atoms with E-state index in [9.17, 15) is 32.7 Å². The molecule has 1 aliphatic carbocycles. The van der Waals surface area contributed by atoms with Crippen LogP contribution in [-0.4, -0.2) is 95.6 Å². The van der Waals surface area contributed by atoms with E-state index in [0.29, 0.717) is 38.6 Å². The zero-order valence-corrected chi connectivity index (χ0v) is 26.9. The van der Waals surface area contributed by atoms with E-state index in [1.54, 1.807) is 13.8 Å². The van der Waals surface area contributed by atoms with Crippen molar-refractivity contribution >= 4 is 33.8 Å². The number of hydrogen-bond acceptors (Lipinski definition) is 6. The van der Waals surface area contributed by atoms with Gasteiger partial charge in [0.05, 0.1) is 5.25 Å². The van der Waals surface area contributed by atoms with Crippen molar-refractivity contribution in [1.82, 2.24) is 25.2 Å². The fourth-order valence-electron chi connectivity index (χ4n) is 6.10. The van der Waals surface area contributed by atoms with Gasteiger partial charge in [-0.3, -0.25) is 9.59 Å². The second-order valence-electron chi connectivity index (χ2n) is 13.7. The largest absolute Gasteiger partial charge is 0.479 e. The Hall–Kier alpha value is -2.41. The van der Waals surface area contributed by atoms with Crippen LogP contribution in [0.15, 0.2) is 0 Å². The van der Waals surface area contributed by atoms with Gasteiger partial charge in [0.15, 0.2) is 0 Å². The van der Waals surface area contributed by atoms with E-state index in [-0.39, 0.29) is 18.4 Å². The van der Waals surface area contributed by atoms with Crippen molar-refractivity contribution in [1.29, 1.82) is 0 Å². The minimum absolute atomic E-state index is 0.0662. The Morgan fingerprint density at radius 2 is 1.69 bits per heavy atom. The van der Waals surface area contributed by atoms with Gasteiger partial charge < -0.3 is 26.0 Å². The Labute approximate surface area is 250 Å². The van der Waals surface area contributed by atoms with Crippen molar-refractivity contribution in [2.75, 3.05) is 20.1 Å². The topological polar surface area (TPSA) is 165 Å². The van der Waals surface area contributed by atoms with E-state index in [0.717, 1.165) is 32.1 Å². The maximum atomic E-state index is 13.8. The summed E-state index contributed by atoms with van der Waals surface area (Å²) in [6.45, 7) is 9.35. The number of aliphatic carboxylic acids is 1. The number of nitrogens with one attached hydrogen (secondary N) is 3. The number of carboxylic acids is 1. The number of carbonyl (C=O) groups excluding carboxylic acids is 3. The van der Waals surface area contributed by atoms with Gasteiger partial charge in [0, 0.05) is 26.2 Å². The average Bonchev–Trinajstić information content (AvgIpc) is 3.36. The van der Waals surface area contributed by atoms with Crippen LogP contribution in [0.3, 0.4) is 0 Å². The molecule has 3 fully saturated rings. The third kappa shape index (κ3) is 7.94. The van der Waals surface area contributed by atoms with Gasteiger partial charge in [-0.25, -0.2) is 22.3 Å². The van der Waals surface area contributed by atoms with Gasteiger partial charge in [0.25, 0.3) is 0 Å². The number of amides is 4. The molecule has 13 heteroatoms. The smallest absolute Gasteiger partial charge is 0.329 e. The standard InChI is InChI=1S/C29H51N5O7S/c1-19(2)42(40,41)33(6)18-23(28(3,4)5)31-27(39)30-21-14-11-9-7-8-10-13-20-17-29(20,26(37)38)32-24(35)22-15-12-16-34(22)25(21)36/h19-23H,7-18H2,1-6H3,(H,32,35)(H,37,38)(H2,30,31,39)/t20?,21-,22-,23?,29+/m0/s1. The van der Waals surface area contributed by atoms with Gasteiger partial charge in [0.2, 0.25) is 21.8 Å². The molecular formula is C29H51N5O7S. The van der Waals surface area contributed by atoms with Crippen LogP contribution in [0.25, 0.3) is 0 Å². The summed E-state index contributed by atoms with van der Waals surface area (Å²) in [5.41, 5.74) is -1.74. The molecule has 3 aliphatic rings. The van der Waals surface area contributed by atoms with Crippen molar-refractivity contribution < 1.29 is 32.7 Å². The molecule has 4 amide bonds. The molecule has 2 heterocycles. The Morgan fingerprint density at radius 1 is 1.07 bits per heavy atom. The fraction of sp³-hybridized carbons (Fsp3) is 0.862. The number of fused-ring (bicyclic) bond motifs is 2. The number of carboxylic acid groups (broad SMARTS) is 1. The monoisotopic (exact) mass is 613 g/mol. The normalized spacial score (nSPS) is 28.7. The number of hydrogen-bond donors (Lipinski definition) is 4. The predicted octanol–water partition coefficient (Wildman–Crippen LogP) is 2.43. The number of nitrogens with zero attached hydrogens (tertiary/aromatic N) is 2. The number of urea groups is 1. The molecule has 2 aliphatic heterocycles. The van der Waals surface area contributed by atoms with Crippen molar-refractivity contribution in [3.63, 3.8) is 0 Å². The molecule has 0 spiro atoms. The lowest BCUT2D eigenvalue weighted by Gasteiger charge is -2.35. The zero-order valence-electron chi connectivity index (χ0n) is 26.1. The van der Waals surface area contributed by atoms with Crippen molar-refractivity contribution in [3.05, 3.63) is 0 Å². The first-order valence-electron chi connectivity index (χ1n) is 15.4. The quantitative estimate of drug-likeness (QED) is 0.342. The summed E-state index contributed by atoms with van der Waals surface area (Å²) in [6, 6.07) is -2.78. The molecule has 0 radical (unpaired) electrons. The van der Waals surface area contributed by atoms with E-state index in [1.807, 2.05) is 20.8 Å². The summed E-state index contributed by atoms with van der Waals surface area (Å²) in [4.78, 5) is 54.1. The molecule has 240 valence electrons. The van der Waals surface area contributed by atoms with Crippen LogP contribution >= 0.6 is 0 Å². The van der Waals surface area contributed by atoms with Crippen LogP contribution in [0.1, 0.15) is 98.8 Å². The first-order chi connectivity index (χ1) is 19.5. The third-order valence-electron chi connectivity index (χ3n) is 9.14. The summed E-state index contributed by atoms with van der Waals surface area (Å²) in [6.07, 6.45) is 6.91. The van der Waals surface area contributed by atoms with Crippen LogP contribution < -0.4 is 16.0 Å². The molecule has 0 aromatic heterocycles. The number of sulfonamides is 1. The second-order valence-corrected chi connectivity index (χ2v) is 16.3. The lowest BCUT2D eigenvalue weighted by Crippen LogP contribution is -2.59. The minimum atomic E-state index is -3.53. The number of carbonyl (C=O) groups is 4. The average molecular weight is 614 g/mol. The molecule has 5 atom stereocenters. The van der Waals surface area contributed by atoms with Crippen LogP contribution in [0.5, 0.6) is 0 Å². The first kappa shape index (κ1) is 34.1. The lowest BCUT2D eigenvalue weighted by molar-refractivity contribution is -0.145. The molecule has 1 saturated carbocycles. The van der Waals surface area contributed by atoms with Gasteiger partial charge in [0.1, 0.15) is 17.6 Å². The Balaban J connectivity index is 1.77. The van der Waals surface area contributed by atoms with Crippen LogP contribution in [-0.2, 0) is 24.4 Å². The Bertz CT molecular complexity index is 1120. The van der Waals surface area contributed by atoms with Crippen LogP contribution in [0.2, 0.25) is 0 Å². The zero-order chi connectivity index (χ0) is 31.5. The highest BCUT2D eigenvalue weighted by molar-refractivity contribution is 7.89. The first-order valence-corrected chi connectivity index (χ1v) is 16.9. The highest BCUT2D eigenvalue weighted by Gasteiger charge is 2.61. The van der Waals surface area contributed by atoms with E-state index in [1.165, 1.54) is 16.3 Å². The van der Waals surface area contributed by atoms with Crippen LogP contribution in [0, 0.1) is 11.3 Å². The van der Waals surface area contributed by atoms with Gasteiger partial charge in [-0.2, -0.15) is 0 Å². The molecule has 3 rings (SSSR count). The molecule has 2 saturated heterocycles. The molecule has 0 aromatic carbocycles. The Kier molecular flexibility index (Phi) is 10.9. The van der Waals surface area contributed by atoms with E-state index >= 15 is 0 Å².